The van der Waals surface area contributed by atoms with Crippen LogP contribution < -0.4 is 0 Å². The summed E-state index contributed by atoms with van der Waals surface area (Å²) in [6, 6.07) is 8.43. The number of hydrogen-bond donors (Lipinski definition) is 0. The van der Waals surface area contributed by atoms with E-state index in [-0.39, 0.29) is 0 Å². The third-order valence-corrected chi connectivity index (χ3v) is 4.00. The van der Waals surface area contributed by atoms with E-state index in [0.717, 1.165) is 28.2 Å². The molecule has 0 bridgehead atoms. The largest absolute Gasteiger partial charge is 0.252 e. The number of fused-ring (bicyclic) bond motifs is 1. The highest BCUT2D eigenvalue weighted by molar-refractivity contribution is 5.73. The zero-order valence-electron chi connectivity index (χ0n) is 14.1. The molecule has 120 valence electrons. The first-order valence-corrected chi connectivity index (χ1v) is 7.85. The molecule has 0 spiro atoms. The van der Waals surface area contributed by atoms with Crippen LogP contribution in [0.15, 0.2) is 36.7 Å². The fourth-order valence-electron chi connectivity index (χ4n) is 2.96. The van der Waals surface area contributed by atoms with E-state index in [1.165, 1.54) is 5.56 Å². The van der Waals surface area contributed by atoms with Gasteiger partial charge in [0, 0.05) is 29.2 Å². The van der Waals surface area contributed by atoms with E-state index >= 15 is 0 Å². The van der Waals surface area contributed by atoms with Crippen molar-refractivity contribution in [1.29, 1.82) is 0 Å². The van der Waals surface area contributed by atoms with Crippen molar-refractivity contribution in [3.8, 4) is 16.8 Å². The molecule has 0 saturated carbocycles. The van der Waals surface area contributed by atoms with Crippen molar-refractivity contribution in [2.45, 2.75) is 27.7 Å². The lowest BCUT2D eigenvalue weighted by molar-refractivity contribution is 0.833. The lowest BCUT2D eigenvalue weighted by Gasteiger charge is -2.12. The molecule has 6 heteroatoms. The van der Waals surface area contributed by atoms with Crippen LogP contribution in [0.25, 0.3) is 22.6 Å². The fourth-order valence-corrected chi connectivity index (χ4v) is 2.96. The monoisotopic (exact) mass is 318 g/mol. The van der Waals surface area contributed by atoms with Crippen LogP contribution in [0.2, 0.25) is 0 Å². The van der Waals surface area contributed by atoms with Crippen molar-refractivity contribution in [2.75, 3.05) is 0 Å². The van der Waals surface area contributed by atoms with Gasteiger partial charge in [-0.1, -0.05) is 12.1 Å². The summed E-state index contributed by atoms with van der Waals surface area (Å²) in [7, 11) is 0. The van der Waals surface area contributed by atoms with Crippen LogP contribution >= 0.6 is 0 Å². The molecule has 24 heavy (non-hydrogen) atoms. The van der Waals surface area contributed by atoms with Gasteiger partial charge in [-0.15, -0.1) is 0 Å². The van der Waals surface area contributed by atoms with Crippen LogP contribution in [-0.4, -0.2) is 29.4 Å². The van der Waals surface area contributed by atoms with E-state index in [9.17, 15) is 0 Å². The van der Waals surface area contributed by atoms with Gasteiger partial charge in [-0.2, -0.15) is 15.2 Å². The molecule has 0 unspecified atom stereocenters. The highest BCUT2D eigenvalue weighted by atomic mass is 15.3. The Labute approximate surface area is 139 Å². The summed E-state index contributed by atoms with van der Waals surface area (Å²) in [5.74, 6) is 1.32. The Morgan fingerprint density at radius 3 is 2.54 bits per heavy atom. The zero-order chi connectivity index (χ0) is 16.8. The van der Waals surface area contributed by atoms with Crippen molar-refractivity contribution >= 4 is 5.78 Å². The average Bonchev–Trinajstić information content (AvgIpc) is 3.07. The van der Waals surface area contributed by atoms with Crippen LogP contribution in [0.5, 0.6) is 0 Å². The molecule has 6 nitrogen and oxygen atoms in total. The number of benzene rings is 1. The quantitative estimate of drug-likeness (QED) is 0.569. The molecule has 0 aliphatic carbocycles. The van der Waals surface area contributed by atoms with Crippen LogP contribution in [0.3, 0.4) is 0 Å². The number of hydrogen-bond acceptors (Lipinski definition) is 4. The summed E-state index contributed by atoms with van der Waals surface area (Å²) in [6.45, 7) is 8.02. The predicted molar refractivity (Wildman–Crippen MR) is 92.3 cm³/mol. The third-order valence-electron chi connectivity index (χ3n) is 4.00. The van der Waals surface area contributed by atoms with E-state index in [1.807, 2.05) is 30.9 Å². The van der Waals surface area contributed by atoms with Crippen LogP contribution in [-0.2, 0) is 0 Å². The maximum absolute atomic E-state index is 4.64. The van der Waals surface area contributed by atoms with Gasteiger partial charge in [0.1, 0.15) is 5.82 Å². The Morgan fingerprint density at radius 1 is 0.958 bits per heavy atom. The van der Waals surface area contributed by atoms with Gasteiger partial charge in [0.2, 0.25) is 0 Å². The van der Waals surface area contributed by atoms with Crippen molar-refractivity contribution in [3.05, 3.63) is 59.4 Å². The summed E-state index contributed by atoms with van der Waals surface area (Å²) >= 11 is 0. The van der Waals surface area contributed by atoms with E-state index < -0.39 is 0 Å². The van der Waals surface area contributed by atoms with Gasteiger partial charge in [-0.05, 0) is 45.4 Å². The minimum atomic E-state index is 0.607. The molecule has 4 aromatic rings. The van der Waals surface area contributed by atoms with Gasteiger partial charge in [0.25, 0.3) is 5.78 Å². The molecular weight excluding hydrogens is 300 g/mol. The Bertz CT molecular complexity index is 1060. The van der Waals surface area contributed by atoms with Gasteiger partial charge >= 0.3 is 0 Å². The van der Waals surface area contributed by atoms with E-state index in [2.05, 4.69) is 58.3 Å². The molecule has 4 rings (SSSR count). The second-order valence-corrected chi connectivity index (χ2v) is 6.11. The first-order chi connectivity index (χ1) is 11.5. The van der Waals surface area contributed by atoms with Crippen LogP contribution in [0, 0.1) is 27.7 Å². The van der Waals surface area contributed by atoms with Gasteiger partial charge in [-0.3, -0.25) is 0 Å². The Balaban J connectivity index is 1.95. The molecule has 0 N–H and O–H groups in total. The molecule has 1 aromatic carbocycles. The average molecular weight is 318 g/mol. The van der Waals surface area contributed by atoms with E-state index in [4.69, 9.17) is 0 Å². The number of aromatic nitrogens is 6. The molecule has 0 atom stereocenters. The fraction of sp³-hybridized carbons (Fsp3) is 0.222. The van der Waals surface area contributed by atoms with Crippen molar-refractivity contribution in [3.63, 3.8) is 0 Å². The summed E-state index contributed by atoms with van der Waals surface area (Å²) in [5, 5.41) is 9.00. The Morgan fingerprint density at radius 2 is 1.79 bits per heavy atom. The number of aryl methyl sites for hydroxylation is 4. The van der Waals surface area contributed by atoms with Crippen molar-refractivity contribution in [1.82, 2.24) is 29.4 Å². The Kier molecular flexibility index (Phi) is 3.19. The third kappa shape index (κ3) is 2.36. The lowest BCUT2D eigenvalue weighted by Crippen LogP contribution is -2.03. The highest BCUT2D eigenvalue weighted by Gasteiger charge is 2.13. The molecule has 0 aliphatic rings. The van der Waals surface area contributed by atoms with Crippen molar-refractivity contribution < 1.29 is 0 Å². The minimum absolute atomic E-state index is 0.607. The molecule has 0 aliphatic heterocycles. The van der Waals surface area contributed by atoms with Gasteiger partial charge in [-0.25, -0.2) is 14.2 Å². The number of nitrogens with zero attached hydrogens (tertiary/aromatic N) is 6. The highest BCUT2D eigenvalue weighted by Crippen LogP contribution is 2.28. The summed E-state index contributed by atoms with van der Waals surface area (Å²) in [5.41, 5.74) is 6.38. The van der Waals surface area contributed by atoms with Crippen LogP contribution in [0.4, 0.5) is 0 Å². The van der Waals surface area contributed by atoms with Crippen LogP contribution in [0.1, 0.15) is 22.8 Å². The molecule has 3 aromatic heterocycles. The second-order valence-electron chi connectivity index (χ2n) is 6.11. The first kappa shape index (κ1) is 14.6. The minimum Gasteiger partial charge on any atom is -0.237 e. The summed E-state index contributed by atoms with van der Waals surface area (Å²) in [6.07, 6.45) is 3.80. The molecule has 0 fully saturated rings. The lowest BCUT2D eigenvalue weighted by atomic mass is 10.0. The molecular formula is C18H18N6. The maximum Gasteiger partial charge on any atom is 0.252 e. The zero-order valence-corrected chi connectivity index (χ0v) is 14.1. The molecule has 3 heterocycles. The normalized spacial score (nSPS) is 11.3. The smallest absolute Gasteiger partial charge is 0.237 e. The second kappa shape index (κ2) is 5.26. The summed E-state index contributed by atoms with van der Waals surface area (Å²) in [4.78, 5) is 8.71. The molecule has 0 radical (unpaired) electrons. The van der Waals surface area contributed by atoms with Gasteiger partial charge in [0.15, 0.2) is 0 Å². The standard InChI is InChI=1S/C18H18N6/c1-11-5-6-16(17(7-11)24-13(3)8-12(2)21-24)15-9-19-18-20-14(4)22-23(18)10-15/h5-10H,1-4H3. The first-order valence-electron chi connectivity index (χ1n) is 7.85. The van der Waals surface area contributed by atoms with E-state index in [0.29, 0.717) is 11.6 Å². The molecule has 0 saturated heterocycles. The van der Waals surface area contributed by atoms with Crippen molar-refractivity contribution in [2.24, 2.45) is 0 Å². The SMILES string of the molecule is Cc1ccc(-c2cnc3nc(C)nn3c2)c(-n2nc(C)cc2C)c1. The number of rotatable bonds is 2. The molecule has 0 amide bonds. The van der Waals surface area contributed by atoms with E-state index in [1.54, 1.807) is 4.52 Å². The Hall–Kier alpha value is -3.02. The topological polar surface area (TPSA) is 60.9 Å². The summed E-state index contributed by atoms with van der Waals surface area (Å²) < 4.78 is 3.70. The van der Waals surface area contributed by atoms with Gasteiger partial charge < -0.3 is 0 Å². The van der Waals surface area contributed by atoms with Gasteiger partial charge in [0.05, 0.1) is 11.4 Å². The predicted octanol–water partition coefficient (Wildman–Crippen LogP) is 3.21. The maximum atomic E-state index is 4.64.